The topological polar surface area (TPSA) is 63.0 Å². The fraction of sp³-hybridized carbons (Fsp3) is 0.111. The van der Waals surface area contributed by atoms with Crippen LogP contribution in [0.2, 0.25) is 0 Å². The van der Waals surface area contributed by atoms with Gasteiger partial charge in [-0.25, -0.2) is 4.68 Å². The van der Waals surface area contributed by atoms with Crippen molar-refractivity contribution in [3.05, 3.63) is 42.2 Å². The first-order valence-corrected chi connectivity index (χ1v) is 4.24. The lowest BCUT2D eigenvalue weighted by molar-refractivity contribution is 0.160. The molecular weight excluding hydrogens is 180 g/mol. The SMILES string of the molecule is ONCc1cn(-c2ccccc2)nn1. The molecule has 0 spiro atoms. The molecule has 0 aliphatic carbocycles. The second-order valence-electron chi connectivity index (χ2n) is 2.82. The lowest BCUT2D eigenvalue weighted by atomic mass is 10.3. The molecule has 5 heteroatoms. The van der Waals surface area contributed by atoms with Crippen molar-refractivity contribution in [2.45, 2.75) is 6.54 Å². The van der Waals surface area contributed by atoms with Crippen LogP contribution >= 0.6 is 0 Å². The number of hydrogen-bond acceptors (Lipinski definition) is 4. The molecule has 0 aliphatic rings. The third-order valence-electron chi connectivity index (χ3n) is 1.82. The first-order valence-electron chi connectivity index (χ1n) is 4.24. The van der Waals surface area contributed by atoms with Gasteiger partial charge in [0.2, 0.25) is 0 Å². The maximum atomic E-state index is 8.47. The molecule has 1 aromatic carbocycles. The smallest absolute Gasteiger partial charge is 0.0993 e. The van der Waals surface area contributed by atoms with E-state index in [1.54, 1.807) is 10.9 Å². The van der Waals surface area contributed by atoms with Crippen LogP contribution in [0.1, 0.15) is 5.69 Å². The normalized spacial score (nSPS) is 10.4. The van der Waals surface area contributed by atoms with Crippen molar-refractivity contribution >= 4 is 0 Å². The van der Waals surface area contributed by atoms with Crippen LogP contribution in [0, 0.1) is 0 Å². The molecule has 0 saturated heterocycles. The number of hydrogen-bond donors (Lipinski definition) is 2. The van der Waals surface area contributed by atoms with E-state index in [9.17, 15) is 0 Å². The van der Waals surface area contributed by atoms with Gasteiger partial charge in [0.1, 0.15) is 0 Å². The maximum absolute atomic E-state index is 8.47. The first kappa shape index (κ1) is 8.86. The maximum Gasteiger partial charge on any atom is 0.0993 e. The zero-order valence-corrected chi connectivity index (χ0v) is 7.46. The van der Waals surface area contributed by atoms with Gasteiger partial charge in [-0.2, -0.15) is 5.48 Å². The summed E-state index contributed by atoms with van der Waals surface area (Å²) in [5, 5.41) is 16.3. The van der Waals surface area contributed by atoms with Gasteiger partial charge in [0.05, 0.1) is 24.1 Å². The van der Waals surface area contributed by atoms with Crippen LogP contribution in [-0.2, 0) is 6.54 Å². The fourth-order valence-corrected chi connectivity index (χ4v) is 1.17. The van der Waals surface area contributed by atoms with Crippen LogP contribution in [0.3, 0.4) is 0 Å². The quantitative estimate of drug-likeness (QED) is 0.701. The Balaban J connectivity index is 2.25. The molecule has 2 aromatic rings. The average Bonchev–Trinajstić information content (AvgIpc) is 2.68. The largest absolute Gasteiger partial charge is 0.316 e. The molecule has 2 N–H and O–H groups in total. The molecule has 0 unspecified atom stereocenters. The Kier molecular flexibility index (Phi) is 2.53. The molecule has 0 bridgehead atoms. The molecule has 0 radical (unpaired) electrons. The van der Waals surface area contributed by atoms with Gasteiger partial charge < -0.3 is 5.21 Å². The van der Waals surface area contributed by atoms with E-state index in [0.29, 0.717) is 12.2 Å². The molecule has 72 valence electrons. The van der Waals surface area contributed by atoms with E-state index in [4.69, 9.17) is 5.21 Å². The van der Waals surface area contributed by atoms with Gasteiger partial charge in [-0.1, -0.05) is 23.4 Å². The molecule has 5 nitrogen and oxygen atoms in total. The molecule has 0 saturated carbocycles. The highest BCUT2D eigenvalue weighted by Gasteiger charge is 2.00. The van der Waals surface area contributed by atoms with Crippen LogP contribution in [-0.4, -0.2) is 20.2 Å². The fourth-order valence-electron chi connectivity index (χ4n) is 1.17. The highest BCUT2D eigenvalue weighted by Crippen LogP contribution is 2.05. The summed E-state index contributed by atoms with van der Waals surface area (Å²) in [6, 6.07) is 9.67. The summed E-state index contributed by atoms with van der Waals surface area (Å²) >= 11 is 0. The van der Waals surface area contributed by atoms with Crippen molar-refractivity contribution in [3.63, 3.8) is 0 Å². The second kappa shape index (κ2) is 3.99. The van der Waals surface area contributed by atoms with E-state index in [2.05, 4.69) is 10.3 Å². The molecule has 0 atom stereocenters. The lowest BCUT2D eigenvalue weighted by Crippen LogP contribution is -2.06. The minimum atomic E-state index is 0.298. The zero-order valence-electron chi connectivity index (χ0n) is 7.46. The van der Waals surface area contributed by atoms with Gasteiger partial charge in [0, 0.05) is 0 Å². The predicted molar refractivity (Wildman–Crippen MR) is 50.0 cm³/mol. The minimum Gasteiger partial charge on any atom is -0.316 e. The molecule has 14 heavy (non-hydrogen) atoms. The second-order valence-corrected chi connectivity index (χ2v) is 2.82. The average molecular weight is 190 g/mol. The van der Waals surface area contributed by atoms with Crippen LogP contribution in [0.15, 0.2) is 36.5 Å². The molecule has 0 aliphatic heterocycles. The monoisotopic (exact) mass is 190 g/mol. The van der Waals surface area contributed by atoms with Crippen molar-refractivity contribution in [1.29, 1.82) is 0 Å². The van der Waals surface area contributed by atoms with E-state index < -0.39 is 0 Å². The predicted octanol–water partition coefficient (Wildman–Crippen LogP) is 0.746. The molecule has 1 aromatic heterocycles. The summed E-state index contributed by atoms with van der Waals surface area (Å²) < 4.78 is 1.66. The number of rotatable bonds is 3. The number of aromatic nitrogens is 3. The number of nitrogens with one attached hydrogen (secondary N) is 1. The number of nitrogens with zero attached hydrogens (tertiary/aromatic N) is 3. The Hall–Kier alpha value is -1.72. The molecule has 1 heterocycles. The van der Waals surface area contributed by atoms with Crippen molar-refractivity contribution in [1.82, 2.24) is 20.5 Å². The Morgan fingerprint density at radius 1 is 1.29 bits per heavy atom. The molecular formula is C9H10N4O. The van der Waals surface area contributed by atoms with E-state index in [-0.39, 0.29) is 0 Å². The van der Waals surface area contributed by atoms with Gasteiger partial charge in [-0.15, -0.1) is 5.10 Å². The van der Waals surface area contributed by atoms with Crippen LogP contribution in [0.4, 0.5) is 0 Å². The summed E-state index contributed by atoms with van der Waals surface area (Å²) in [5.74, 6) is 0. The Morgan fingerprint density at radius 2 is 2.07 bits per heavy atom. The molecule has 2 rings (SSSR count). The Labute approximate surface area is 80.9 Å². The Morgan fingerprint density at radius 3 is 2.79 bits per heavy atom. The van der Waals surface area contributed by atoms with E-state index in [0.717, 1.165) is 5.69 Å². The summed E-state index contributed by atoms with van der Waals surface area (Å²) in [4.78, 5) is 0. The van der Waals surface area contributed by atoms with Gasteiger partial charge in [0.15, 0.2) is 0 Å². The number of hydroxylamine groups is 1. The van der Waals surface area contributed by atoms with Crippen molar-refractivity contribution in [3.8, 4) is 5.69 Å². The van der Waals surface area contributed by atoms with E-state index in [1.807, 2.05) is 35.8 Å². The number of para-hydroxylation sites is 1. The van der Waals surface area contributed by atoms with Gasteiger partial charge >= 0.3 is 0 Å². The number of benzene rings is 1. The third-order valence-corrected chi connectivity index (χ3v) is 1.82. The highest BCUT2D eigenvalue weighted by molar-refractivity contribution is 5.29. The van der Waals surface area contributed by atoms with Crippen molar-refractivity contribution in [2.24, 2.45) is 0 Å². The van der Waals surface area contributed by atoms with E-state index >= 15 is 0 Å². The van der Waals surface area contributed by atoms with Crippen LogP contribution in [0.5, 0.6) is 0 Å². The van der Waals surface area contributed by atoms with Gasteiger partial charge in [-0.3, -0.25) is 0 Å². The summed E-state index contributed by atoms with van der Waals surface area (Å²) in [6.45, 7) is 0.298. The lowest BCUT2D eigenvalue weighted by Gasteiger charge is -1.96. The summed E-state index contributed by atoms with van der Waals surface area (Å²) in [7, 11) is 0. The third kappa shape index (κ3) is 1.78. The summed E-state index contributed by atoms with van der Waals surface area (Å²) in [6.07, 6.45) is 1.76. The van der Waals surface area contributed by atoms with Crippen LogP contribution < -0.4 is 5.48 Å². The van der Waals surface area contributed by atoms with Crippen LogP contribution in [0.25, 0.3) is 5.69 Å². The standard InChI is InChI=1S/C9H10N4O/c14-10-6-8-7-13(12-11-8)9-4-2-1-3-5-9/h1-5,7,10,14H,6H2. The first-order chi connectivity index (χ1) is 6.90. The molecule has 0 amide bonds. The van der Waals surface area contributed by atoms with E-state index in [1.165, 1.54) is 0 Å². The van der Waals surface area contributed by atoms with Gasteiger partial charge in [-0.05, 0) is 12.1 Å². The summed E-state index contributed by atoms with van der Waals surface area (Å²) in [5.41, 5.74) is 3.67. The highest BCUT2D eigenvalue weighted by atomic mass is 16.5. The molecule has 0 fully saturated rings. The minimum absolute atomic E-state index is 0.298. The van der Waals surface area contributed by atoms with Crippen molar-refractivity contribution in [2.75, 3.05) is 0 Å². The Bertz CT molecular complexity index is 398. The zero-order chi connectivity index (χ0) is 9.80. The van der Waals surface area contributed by atoms with Gasteiger partial charge in [0.25, 0.3) is 0 Å². The van der Waals surface area contributed by atoms with Crippen molar-refractivity contribution < 1.29 is 5.21 Å².